The Hall–Kier alpha value is -0.170. The van der Waals surface area contributed by atoms with Gasteiger partial charge in [-0.3, -0.25) is 0 Å². The number of morpholine rings is 1. The van der Waals surface area contributed by atoms with Gasteiger partial charge in [-0.2, -0.15) is 4.31 Å². The largest absolute Gasteiger partial charge is 0.373 e. The van der Waals surface area contributed by atoms with Gasteiger partial charge in [-0.05, 0) is 13.8 Å². The molecule has 0 unspecified atom stereocenters. The van der Waals surface area contributed by atoms with Crippen LogP contribution in [0.2, 0.25) is 0 Å². The topological polar surface area (TPSA) is 72.6 Å². The number of hydrogen-bond acceptors (Lipinski definition) is 4. The zero-order chi connectivity index (χ0) is 10.8. The smallest absolute Gasteiger partial charge is 0.215 e. The summed E-state index contributed by atoms with van der Waals surface area (Å²) in [4.78, 5) is 0. The van der Waals surface area contributed by atoms with Gasteiger partial charge in [0.1, 0.15) is 0 Å². The van der Waals surface area contributed by atoms with E-state index in [1.54, 1.807) is 0 Å². The van der Waals surface area contributed by atoms with Crippen LogP contribution in [0.15, 0.2) is 0 Å². The summed E-state index contributed by atoms with van der Waals surface area (Å²) in [6, 6.07) is 0. The number of sulfonamides is 1. The highest BCUT2D eigenvalue weighted by atomic mass is 32.2. The summed E-state index contributed by atoms with van der Waals surface area (Å²) < 4.78 is 30.2. The second kappa shape index (κ2) is 4.14. The molecule has 6 heteroatoms. The molecule has 0 amide bonds. The fourth-order valence-corrected chi connectivity index (χ4v) is 2.90. The second-order valence-corrected chi connectivity index (χ2v) is 6.13. The van der Waals surface area contributed by atoms with Crippen molar-refractivity contribution in [3.63, 3.8) is 0 Å². The van der Waals surface area contributed by atoms with Crippen LogP contribution in [0.3, 0.4) is 0 Å². The predicted molar refractivity (Wildman–Crippen MR) is 54.4 cm³/mol. The summed E-state index contributed by atoms with van der Waals surface area (Å²) in [5, 5.41) is 0. The lowest BCUT2D eigenvalue weighted by molar-refractivity contribution is -0.0640. The lowest BCUT2D eigenvalue weighted by atomic mass is 10.1. The van der Waals surface area contributed by atoms with E-state index in [0.717, 1.165) is 0 Å². The van der Waals surface area contributed by atoms with Gasteiger partial charge in [-0.25, -0.2) is 8.42 Å². The third-order valence-corrected chi connectivity index (χ3v) is 4.01. The molecule has 0 aromatic rings. The van der Waals surface area contributed by atoms with Gasteiger partial charge in [0.05, 0.1) is 18.0 Å². The Morgan fingerprint density at radius 1 is 1.50 bits per heavy atom. The van der Waals surface area contributed by atoms with E-state index >= 15 is 0 Å². The number of nitrogens with zero attached hydrogens (tertiary/aromatic N) is 1. The molecular formula is C8H18N2O3S. The van der Waals surface area contributed by atoms with Crippen LogP contribution in [0.4, 0.5) is 0 Å². The highest BCUT2D eigenvalue weighted by Crippen LogP contribution is 2.18. The third-order valence-electron chi connectivity index (χ3n) is 2.16. The van der Waals surface area contributed by atoms with Gasteiger partial charge in [-0.15, -0.1) is 0 Å². The molecule has 0 saturated carbocycles. The molecule has 0 radical (unpaired) electrons. The van der Waals surface area contributed by atoms with E-state index in [4.69, 9.17) is 10.5 Å². The van der Waals surface area contributed by atoms with Crippen molar-refractivity contribution in [3.05, 3.63) is 0 Å². The molecule has 1 rings (SSSR count). The second-order valence-electron chi connectivity index (χ2n) is 4.05. The number of nitrogens with two attached hydrogens (primary N) is 1. The van der Waals surface area contributed by atoms with E-state index in [9.17, 15) is 8.42 Å². The molecule has 1 saturated heterocycles. The Kier molecular flexibility index (Phi) is 3.52. The molecule has 0 spiro atoms. The normalized spacial score (nSPS) is 23.6. The Labute approximate surface area is 85.3 Å². The van der Waals surface area contributed by atoms with Gasteiger partial charge in [-0.1, -0.05) is 0 Å². The van der Waals surface area contributed by atoms with Crippen molar-refractivity contribution in [3.8, 4) is 0 Å². The van der Waals surface area contributed by atoms with E-state index in [2.05, 4.69) is 0 Å². The number of rotatable bonds is 3. The fraction of sp³-hybridized carbons (Fsp3) is 1.00. The minimum atomic E-state index is -3.18. The molecule has 5 nitrogen and oxygen atoms in total. The first-order valence-electron chi connectivity index (χ1n) is 4.69. The molecule has 0 aliphatic carbocycles. The van der Waals surface area contributed by atoms with E-state index in [1.165, 1.54) is 4.31 Å². The van der Waals surface area contributed by atoms with Crippen LogP contribution in [-0.4, -0.2) is 50.3 Å². The van der Waals surface area contributed by atoms with Crippen molar-refractivity contribution >= 4 is 10.0 Å². The standard InChI is InChI=1S/C8H18N2O3S/c1-8(2)7-10(4-5-13-8)14(11,12)6-3-9/h3-7,9H2,1-2H3. The average molecular weight is 222 g/mol. The van der Waals surface area contributed by atoms with Crippen molar-refractivity contribution in [1.29, 1.82) is 0 Å². The Balaban J connectivity index is 2.69. The van der Waals surface area contributed by atoms with Crippen LogP contribution in [0.1, 0.15) is 13.8 Å². The molecule has 1 aliphatic heterocycles. The Morgan fingerprint density at radius 3 is 2.64 bits per heavy atom. The minimum absolute atomic E-state index is 0.0169. The molecule has 1 fully saturated rings. The SMILES string of the molecule is CC1(C)CN(S(=O)(=O)CCN)CCO1. The van der Waals surface area contributed by atoms with Gasteiger partial charge in [0.2, 0.25) is 10.0 Å². The van der Waals surface area contributed by atoms with Crippen molar-refractivity contribution < 1.29 is 13.2 Å². The van der Waals surface area contributed by atoms with Crippen molar-refractivity contribution in [2.45, 2.75) is 19.4 Å². The molecule has 0 bridgehead atoms. The first-order valence-corrected chi connectivity index (χ1v) is 6.30. The fourth-order valence-electron chi connectivity index (χ4n) is 1.49. The lowest BCUT2D eigenvalue weighted by Crippen LogP contribution is -2.51. The van der Waals surface area contributed by atoms with Gasteiger partial charge in [0, 0.05) is 19.6 Å². The number of ether oxygens (including phenoxy) is 1. The highest BCUT2D eigenvalue weighted by molar-refractivity contribution is 7.89. The van der Waals surface area contributed by atoms with Gasteiger partial charge in [0.25, 0.3) is 0 Å². The quantitative estimate of drug-likeness (QED) is 0.691. The maximum Gasteiger partial charge on any atom is 0.215 e. The van der Waals surface area contributed by atoms with Crippen LogP contribution in [0.25, 0.3) is 0 Å². The van der Waals surface area contributed by atoms with Crippen molar-refractivity contribution in [2.24, 2.45) is 5.73 Å². The van der Waals surface area contributed by atoms with Crippen molar-refractivity contribution in [2.75, 3.05) is 32.0 Å². The maximum atomic E-state index is 11.7. The maximum absolute atomic E-state index is 11.7. The molecule has 0 atom stereocenters. The van der Waals surface area contributed by atoms with E-state index in [-0.39, 0.29) is 17.9 Å². The van der Waals surface area contributed by atoms with E-state index in [1.807, 2.05) is 13.8 Å². The van der Waals surface area contributed by atoms with Crippen molar-refractivity contribution in [1.82, 2.24) is 4.31 Å². The van der Waals surface area contributed by atoms with Crippen LogP contribution in [0.5, 0.6) is 0 Å². The van der Waals surface area contributed by atoms with E-state index < -0.39 is 10.0 Å². The van der Waals surface area contributed by atoms with Gasteiger partial charge in [0.15, 0.2) is 0 Å². The Bertz CT molecular complexity index is 287. The zero-order valence-corrected chi connectivity index (χ0v) is 9.51. The van der Waals surface area contributed by atoms with Gasteiger partial charge < -0.3 is 10.5 Å². The summed E-state index contributed by atoms with van der Waals surface area (Å²) in [6.07, 6.45) is 0. The molecule has 0 aromatic heterocycles. The predicted octanol–water partition coefficient (Wildman–Crippen LogP) is -0.614. The van der Waals surface area contributed by atoms with Crippen LogP contribution >= 0.6 is 0 Å². The minimum Gasteiger partial charge on any atom is -0.373 e. The summed E-state index contributed by atoms with van der Waals surface area (Å²) in [7, 11) is -3.18. The first-order chi connectivity index (χ1) is 6.37. The summed E-state index contributed by atoms with van der Waals surface area (Å²) >= 11 is 0. The summed E-state index contributed by atoms with van der Waals surface area (Å²) in [6.45, 7) is 5.24. The molecule has 2 N–H and O–H groups in total. The molecule has 1 heterocycles. The molecule has 14 heavy (non-hydrogen) atoms. The zero-order valence-electron chi connectivity index (χ0n) is 8.69. The summed E-state index contributed by atoms with van der Waals surface area (Å²) in [5.74, 6) is 0.0169. The number of hydrogen-bond donors (Lipinski definition) is 1. The van der Waals surface area contributed by atoms with Crippen LogP contribution in [-0.2, 0) is 14.8 Å². The molecular weight excluding hydrogens is 204 g/mol. The average Bonchev–Trinajstić information content (AvgIpc) is 2.02. The lowest BCUT2D eigenvalue weighted by Gasteiger charge is -2.37. The van der Waals surface area contributed by atoms with Gasteiger partial charge >= 0.3 is 0 Å². The van der Waals surface area contributed by atoms with E-state index in [0.29, 0.717) is 19.7 Å². The Morgan fingerprint density at radius 2 is 2.14 bits per heavy atom. The van der Waals surface area contributed by atoms with Crippen LogP contribution in [0, 0.1) is 0 Å². The third kappa shape index (κ3) is 2.91. The monoisotopic (exact) mass is 222 g/mol. The molecule has 1 aliphatic rings. The first kappa shape index (κ1) is 11.9. The van der Waals surface area contributed by atoms with Crippen LogP contribution < -0.4 is 5.73 Å². The summed E-state index contributed by atoms with van der Waals surface area (Å²) in [5.41, 5.74) is 4.86. The highest BCUT2D eigenvalue weighted by Gasteiger charge is 2.33. The molecule has 0 aromatic carbocycles. The molecule has 84 valence electrons.